The van der Waals surface area contributed by atoms with Gasteiger partial charge in [-0.15, -0.1) is 0 Å². The Hall–Kier alpha value is -0.830. The van der Waals surface area contributed by atoms with E-state index in [1.54, 1.807) is 6.07 Å². The Morgan fingerprint density at radius 2 is 2.05 bits per heavy atom. The van der Waals surface area contributed by atoms with Gasteiger partial charge in [0.2, 0.25) is 10.0 Å². The second kappa shape index (κ2) is 7.26. The van der Waals surface area contributed by atoms with Crippen LogP contribution >= 0.6 is 15.9 Å². The van der Waals surface area contributed by atoms with Crippen LogP contribution in [0.25, 0.3) is 0 Å². The van der Waals surface area contributed by atoms with E-state index in [9.17, 15) is 8.42 Å². The third-order valence-corrected chi connectivity index (χ3v) is 5.29. The Bertz CT molecular complexity index is 563. The zero-order valence-electron chi connectivity index (χ0n) is 11.7. The molecular formula is C12H19BrN2O4S. The maximum Gasteiger partial charge on any atom is 0.246 e. The summed E-state index contributed by atoms with van der Waals surface area (Å²) in [6.45, 7) is 2.99. The average molecular weight is 367 g/mol. The Labute approximate surface area is 128 Å². The average Bonchev–Trinajstić information content (AvgIpc) is 2.41. The van der Waals surface area contributed by atoms with Crippen molar-refractivity contribution in [3.05, 3.63) is 16.6 Å². The Morgan fingerprint density at radius 3 is 2.60 bits per heavy atom. The van der Waals surface area contributed by atoms with Crippen LogP contribution in [-0.4, -0.2) is 46.6 Å². The number of sulfonamides is 1. The molecule has 0 spiro atoms. The lowest BCUT2D eigenvalue weighted by atomic mass is 10.3. The quantitative estimate of drug-likeness (QED) is 0.586. The Kier molecular flexibility index (Phi) is 6.25. The number of rotatable bonds is 7. The molecule has 0 bridgehead atoms. The number of ether oxygens (including phenoxy) is 2. The van der Waals surface area contributed by atoms with Gasteiger partial charge in [-0.25, -0.2) is 8.42 Å². The lowest BCUT2D eigenvalue weighted by Crippen LogP contribution is -2.30. The summed E-state index contributed by atoms with van der Waals surface area (Å²) in [5.74, 6) is 0.245. The summed E-state index contributed by atoms with van der Waals surface area (Å²) in [6.07, 6.45) is 0. The van der Waals surface area contributed by atoms with E-state index >= 15 is 0 Å². The first kappa shape index (κ1) is 17.2. The smallest absolute Gasteiger partial charge is 0.246 e. The maximum atomic E-state index is 12.5. The minimum atomic E-state index is -3.67. The van der Waals surface area contributed by atoms with E-state index < -0.39 is 10.0 Å². The van der Waals surface area contributed by atoms with E-state index in [1.807, 2.05) is 6.92 Å². The van der Waals surface area contributed by atoms with Gasteiger partial charge in [-0.1, -0.05) is 0 Å². The summed E-state index contributed by atoms with van der Waals surface area (Å²) in [5, 5.41) is 0. The van der Waals surface area contributed by atoms with Crippen molar-refractivity contribution in [2.75, 3.05) is 39.6 Å². The molecule has 0 aliphatic rings. The molecule has 0 heterocycles. The molecule has 0 amide bonds. The van der Waals surface area contributed by atoms with Crippen molar-refractivity contribution in [3.63, 3.8) is 0 Å². The molecule has 1 aromatic rings. The van der Waals surface area contributed by atoms with Crippen LogP contribution in [-0.2, 0) is 14.8 Å². The maximum absolute atomic E-state index is 12.5. The molecule has 8 heteroatoms. The Balaban J connectivity index is 3.11. The summed E-state index contributed by atoms with van der Waals surface area (Å²) >= 11 is 3.24. The molecule has 1 rings (SSSR count). The summed E-state index contributed by atoms with van der Waals surface area (Å²) in [6, 6.07) is 2.92. The van der Waals surface area contributed by atoms with Crippen molar-refractivity contribution in [3.8, 4) is 5.75 Å². The molecule has 1 aromatic carbocycles. The van der Waals surface area contributed by atoms with Crippen LogP contribution in [0.1, 0.15) is 6.92 Å². The highest BCUT2D eigenvalue weighted by Crippen LogP contribution is 2.33. The van der Waals surface area contributed by atoms with E-state index in [4.69, 9.17) is 15.2 Å². The highest BCUT2D eigenvalue weighted by Gasteiger charge is 2.25. The number of likely N-dealkylation sites (N-methyl/N-ethyl adjacent to an activating group) is 1. The molecule has 0 radical (unpaired) electrons. The van der Waals surface area contributed by atoms with Crippen molar-refractivity contribution in [2.24, 2.45) is 0 Å². The topological polar surface area (TPSA) is 81.9 Å². The van der Waals surface area contributed by atoms with E-state index in [2.05, 4.69) is 15.9 Å². The highest BCUT2D eigenvalue weighted by molar-refractivity contribution is 9.10. The SMILES string of the molecule is CCOCCN(C)S(=O)(=O)c1cc(N)c(Br)cc1OC. The third-order valence-electron chi connectivity index (χ3n) is 2.73. The van der Waals surface area contributed by atoms with Gasteiger partial charge in [0.1, 0.15) is 10.6 Å². The van der Waals surface area contributed by atoms with Crippen LogP contribution in [0.3, 0.4) is 0 Å². The zero-order chi connectivity index (χ0) is 15.3. The van der Waals surface area contributed by atoms with Crippen molar-refractivity contribution in [1.82, 2.24) is 4.31 Å². The van der Waals surface area contributed by atoms with Crippen LogP contribution in [0.4, 0.5) is 5.69 Å². The van der Waals surface area contributed by atoms with Gasteiger partial charge in [-0.05, 0) is 35.0 Å². The number of anilines is 1. The van der Waals surface area contributed by atoms with E-state index in [0.29, 0.717) is 23.4 Å². The Morgan fingerprint density at radius 1 is 1.40 bits per heavy atom. The molecule has 6 nitrogen and oxygen atoms in total. The van der Waals surface area contributed by atoms with Crippen molar-refractivity contribution in [1.29, 1.82) is 0 Å². The summed E-state index contributed by atoms with van der Waals surface area (Å²) in [7, 11) is -0.768. The first-order chi connectivity index (χ1) is 9.34. The second-order valence-electron chi connectivity index (χ2n) is 4.05. The molecular weight excluding hydrogens is 348 g/mol. The standard InChI is InChI=1S/C12H19BrN2O4S/c1-4-19-6-5-15(2)20(16,17)12-8-10(14)9(13)7-11(12)18-3/h7-8H,4-6,14H2,1-3H3. The van der Waals surface area contributed by atoms with Gasteiger partial charge in [-0.2, -0.15) is 4.31 Å². The van der Waals surface area contributed by atoms with Gasteiger partial charge < -0.3 is 15.2 Å². The zero-order valence-corrected chi connectivity index (χ0v) is 14.1. The summed E-state index contributed by atoms with van der Waals surface area (Å²) in [4.78, 5) is 0.0414. The number of hydrogen-bond acceptors (Lipinski definition) is 5. The van der Waals surface area contributed by atoms with Gasteiger partial charge >= 0.3 is 0 Å². The van der Waals surface area contributed by atoms with Crippen LogP contribution < -0.4 is 10.5 Å². The van der Waals surface area contributed by atoms with Gasteiger partial charge in [0.25, 0.3) is 0 Å². The van der Waals surface area contributed by atoms with Crippen molar-refractivity contribution in [2.45, 2.75) is 11.8 Å². The molecule has 20 heavy (non-hydrogen) atoms. The minimum Gasteiger partial charge on any atom is -0.495 e. The summed E-state index contributed by atoms with van der Waals surface area (Å²) < 4.78 is 37.1. The van der Waals surface area contributed by atoms with Crippen molar-refractivity contribution >= 4 is 31.6 Å². The predicted octanol–water partition coefficient (Wildman–Crippen LogP) is 1.70. The molecule has 0 fully saturated rings. The second-order valence-corrected chi connectivity index (χ2v) is 6.92. The van der Waals surface area contributed by atoms with Gasteiger partial charge in [0, 0.05) is 30.4 Å². The van der Waals surface area contributed by atoms with E-state index in [-0.39, 0.29) is 17.2 Å². The number of methoxy groups -OCH3 is 1. The molecule has 0 aliphatic carbocycles. The van der Waals surface area contributed by atoms with Gasteiger partial charge in [0.05, 0.1) is 13.7 Å². The van der Waals surface area contributed by atoms with Gasteiger partial charge in [-0.3, -0.25) is 0 Å². The molecule has 2 N–H and O–H groups in total. The number of nitrogens with zero attached hydrogens (tertiary/aromatic N) is 1. The third kappa shape index (κ3) is 3.85. The first-order valence-electron chi connectivity index (χ1n) is 6.01. The van der Waals surface area contributed by atoms with Crippen LogP contribution in [0.2, 0.25) is 0 Å². The fourth-order valence-corrected chi connectivity index (χ4v) is 3.18. The molecule has 0 aliphatic heterocycles. The number of benzene rings is 1. The highest BCUT2D eigenvalue weighted by atomic mass is 79.9. The molecule has 0 saturated heterocycles. The molecule has 0 atom stereocenters. The monoisotopic (exact) mass is 366 g/mol. The van der Waals surface area contributed by atoms with Crippen molar-refractivity contribution < 1.29 is 17.9 Å². The molecule has 0 unspecified atom stereocenters. The van der Waals surface area contributed by atoms with E-state index in [1.165, 1.54) is 24.5 Å². The number of hydrogen-bond donors (Lipinski definition) is 1. The van der Waals surface area contributed by atoms with Crippen LogP contribution in [0.15, 0.2) is 21.5 Å². The lowest BCUT2D eigenvalue weighted by Gasteiger charge is -2.19. The number of nitrogens with two attached hydrogens (primary N) is 1. The predicted molar refractivity (Wildman–Crippen MR) is 81.4 cm³/mol. The van der Waals surface area contributed by atoms with Crippen LogP contribution in [0, 0.1) is 0 Å². The fourth-order valence-electron chi connectivity index (χ4n) is 1.54. The largest absolute Gasteiger partial charge is 0.495 e. The summed E-state index contributed by atoms with van der Waals surface area (Å²) in [5.41, 5.74) is 6.09. The number of halogens is 1. The molecule has 0 saturated carbocycles. The molecule has 114 valence electrons. The number of nitrogen functional groups attached to an aromatic ring is 1. The lowest BCUT2D eigenvalue weighted by molar-refractivity contribution is 0.138. The molecule has 0 aromatic heterocycles. The van der Waals surface area contributed by atoms with E-state index in [0.717, 1.165) is 0 Å². The fraction of sp³-hybridized carbons (Fsp3) is 0.500. The van der Waals surface area contributed by atoms with Gasteiger partial charge in [0.15, 0.2) is 0 Å². The minimum absolute atomic E-state index is 0.0414. The van der Waals surface area contributed by atoms with Crippen LogP contribution in [0.5, 0.6) is 5.75 Å². The first-order valence-corrected chi connectivity index (χ1v) is 8.25. The normalized spacial score (nSPS) is 11.8.